The average Bonchev–Trinajstić information content (AvgIpc) is 2.33. The number of benzene rings is 1. The van der Waals surface area contributed by atoms with Crippen LogP contribution in [0.1, 0.15) is 17.3 Å². The SMILES string of the molecule is CC1=CC(=O)C=C(C(=O)c2ccc(Cl)cc2Cl)C1=O. The summed E-state index contributed by atoms with van der Waals surface area (Å²) < 4.78 is 0. The van der Waals surface area contributed by atoms with Crippen LogP contribution in [0.4, 0.5) is 0 Å². The molecule has 0 bridgehead atoms. The Morgan fingerprint density at radius 1 is 1.11 bits per heavy atom. The van der Waals surface area contributed by atoms with Gasteiger partial charge in [0.25, 0.3) is 0 Å². The lowest BCUT2D eigenvalue weighted by molar-refractivity contribution is -0.115. The van der Waals surface area contributed by atoms with E-state index in [-0.39, 0.29) is 27.5 Å². The number of allylic oxidation sites excluding steroid dienone is 4. The number of hydrogen-bond acceptors (Lipinski definition) is 3. The highest BCUT2D eigenvalue weighted by molar-refractivity contribution is 6.41. The second-order valence-electron chi connectivity index (χ2n) is 4.07. The fourth-order valence-electron chi connectivity index (χ4n) is 1.73. The van der Waals surface area contributed by atoms with Crippen LogP contribution in [0.2, 0.25) is 10.0 Å². The highest BCUT2D eigenvalue weighted by Crippen LogP contribution is 2.25. The summed E-state index contributed by atoms with van der Waals surface area (Å²) in [6.07, 6.45) is 2.23. The van der Waals surface area contributed by atoms with Crippen molar-refractivity contribution in [2.24, 2.45) is 0 Å². The van der Waals surface area contributed by atoms with Crippen molar-refractivity contribution in [1.82, 2.24) is 0 Å². The van der Waals surface area contributed by atoms with E-state index in [0.29, 0.717) is 5.02 Å². The van der Waals surface area contributed by atoms with E-state index in [2.05, 4.69) is 0 Å². The Hall–Kier alpha value is -1.71. The zero-order valence-electron chi connectivity index (χ0n) is 9.87. The molecule has 96 valence electrons. The molecular formula is C14H8Cl2O3. The van der Waals surface area contributed by atoms with E-state index in [9.17, 15) is 14.4 Å². The quantitative estimate of drug-likeness (QED) is 0.478. The van der Waals surface area contributed by atoms with Gasteiger partial charge in [-0.2, -0.15) is 0 Å². The number of carbonyl (C=O) groups excluding carboxylic acids is 3. The number of hydrogen-bond donors (Lipinski definition) is 0. The molecular weight excluding hydrogens is 287 g/mol. The molecule has 1 aromatic rings. The minimum absolute atomic E-state index is 0.144. The zero-order chi connectivity index (χ0) is 14.2. The van der Waals surface area contributed by atoms with Crippen LogP contribution in [-0.2, 0) is 9.59 Å². The second kappa shape index (κ2) is 5.11. The van der Waals surface area contributed by atoms with Crippen molar-refractivity contribution < 1.29 is 14.4 Å². The van der Waals surface area contributed by atoms with Crippen LogP contribution < -0.4 is 0 Å². The lowest BCUT2D eigenvalue weighted by Gasteiger charge is -2.10. The average molecular weight is 295 g/mol. The summed E-state index contributed by atoms with van der Waals surface area (Å²) >= 11 is 11.7. The van der Waals surface area contributed by atoms with Crippen LogP contribution in [-0.4, -0.2) is 17.3 Å². The van der Waals surface area contributed by atoms with E-state index in [4.69, 9.17) is 23.2 Å². The Kier molecular flexibility index (Phi) is 3.69. The maximum atomic E-state index is 12.2. The molecule has 2 rings (SSSR count). The van der Waals surface area contributed by atoms with Gasteiger partial charge in [-0.05, 0) is 31.2 Å². The number of carbonyl (C=O) groups is 3. The van der Waals surface area contributed by atoms with Crippen LogP contribution in [0.25, 0.3) is 0 Å². The van der Waals surface area contributed by atoms with Crippen molar-refractivity contribution >= 4 is 40.6 Å². The smallest absolute Gasteiger partial charge is 0.198 e. The van der Waals surface area contributed by atoms with E-state index >= 15 is 0 Å². The molecule has 1 aliphatic rings. The molecule has 0 saturated carbocycles. The van der Waals surface area contributed by atoms with Crippen LogP contribution in [0, 0.1) is 0 Å². The molecule has 0 fully saturated rings. The first-order valence-corrected chi connectivity index (χ1v) is 6.14. The third-order valence-corrected chi connectivity index (χ3v) is 3.22. The fourth-order valence-corrected chi connectivity index (χ4v) is 2.22. The van der Waals surface area contributed by atoms with Crippen molar-refractivity contribution in [3.63, 3.8) is 0 Å². The van der Waals surface area contributed by atoms with Crippen LogP contribution in [0.15, 0.2) is 41.5 Å². The van der Waals surface area contributed by atoms with Crippen molar-refractivity contribution in [2.75, 3.05) is 0 Å². The molecule has 0 radical (unpaired) electrons. The van der Waals surface area contributed by atoms with E-state index in [1.54, 1.807) is 0 Å². The Morgan fingerprint density at radius 2 is 1.79 bits per heavy atom. The largest absolute Gasteiger partial charge is 0.290 e. The Balaban J connectivity index is 2.45. The lowest BCUT2D eigenvalue weighted by Crippen LogP contribution is -2.19. The van der Waals surface area contributed by atoms with Gasteiger partial charge in [0, 0.05) is 22.2 Å². The van der Waals surface area contributed by atoms with Gasteiger partial charge >= 0.3 is 0 Å². The van der Waals surface area contributed by atoms with Crippen molar-refractivity contribution in [1.29, 1.82) is 0 Å². The molecule has 19 heavy (non-hydrogen) atoms. The fraction of sp³-hybridized carbons (Fsp3) is 0.0714. The van der Waals surface area contributed by atoms with Crippen LogP contribution >= 0.6 is 23.2 Å². The third-order valence-electron chi connectivity index (χ3n) is 2.67. The second-order valence-corrected chi connectivity index (χ2v) is 4.91. The molecule has 3 nitrogen and oxygen atoms in total. The number of rotatable bonds is 2. The minimum Gasteiger partial charge on any atom is -0.290 e. The number of halogens is 2. The summed E-state index contributed by atoms with van der Waals surface area (Å²) in [5, 5.41) is 0.531. The normalized spacial score (nSPS) is 15.1. The molecule has 0 N–H and O–H groups in total. The summed E-state index contributed by atoms with van der Waals surface area (Å²) in [7, 11) is 0. The third kappa shape index (κ3) is 2.67. The van der Waals surface area contributed by atoms with Gasteiger partial charge in [-0.1, -0.05) is 23.2 Å². The van der Waals surface area contributed by atoms with Gasteiger partial charge in [0.2, 0.25) is 0 Å². The van der Waals surface area contributed by atoms with E-state index in [0.717, 1.165) is 6.08 Å². The van der Waals surface area contributed by atoms with Gasteiger partial charge in [0.15, 0.2) is 17.3 Å². The topological polar surface area (TPSA) is 51.2 Å². The zero-order valence-corrected chi connectivity index (χ0v) is 11.4. The molecule has 5 heteroatoms. The van der Waals surface area contributed by atoms with Gasteiger partial charge in [0.05, 0.1) is 10.6 Å². The van der Waals surface area contributed by atoms with Crippen LogP contribution in [0.3, 0.4) is 0 Å². The Labute approximate surface area is 119 Å². The van der Waals surface area contributed by atoms with Crippen LogP contribution in [0.5, 0.6) is 0 Å². The molecule has 1 aliphatic carbocycles. The van der Waals surface area contributed by atoms with Gasteiger partial charge in [-0.25, -0.2) is 0 Å². The maximum absolute atomic E-state index is 12.2. The maximum Gasteiger partial charge on any atom is 0.198 e. The summed E-state index contributed by atoms with van der Waals surface area (Å²) in [5.74, 6) is -1.42. The first-order chi connectivity index (χ1) is 8.90. The lowest BCUT2D eigenvalue weighted by atomic mass is 9.91. The first kappa shape index (κ1) is 13.7. The molecule has 0 spiro atoms. The summed E-state index contributed by atoms with van der Waals surface area (Å²) in [6.45, 7) is 1.49. The molecule has 0 atom stereocenters. The summed E-state index contributed by atoms with van der Waals surface area (Å²) in [4.78, 5) is 35.5. The molecule has 1 aromatic carbocycles. The molecule has 0 amide bonds. The highest BCUT2D eigenvalue weighted by Gasteiger charge is 2.26. The highest BCUT2D eigenvalue weighted by atomic mass is 35.5. The van der Waals surface area contributed by atoms with E-state index in [1.807, 2.05) is 0 Å². The van der Waals surface area contributed by atoms with E-state index in [1.165, 1.54) is 31.2 Å². The molecule has 0 unspecified atom stereocenters. The number of ketones is 3. The van der Waals surface area contributed by atoms with Crippen molar-refractivity contribution in [3.8, 4) is 0 Å². The van der Waals surface area contributed by atoms with Gasteiger partial charge in [-0.15, -0.1) is 0 Å². The minimum atomic E-state index is -0.576. The Bertz CT molecular complexity index is 669. The molecule has 0 saturated heterocycles. The summed E-state index contributed by atoms with van der Waals surface area (Å²) in [6, 6.07) is 4.34. The molecule has 0 aromatic heterocycles. The van der Waals surface area contributed by atoms with Gasteiger partial charge in [-0.3, -0.25) is 14.4 Å². The standard InChI is InChI=1S/C14H8Cl2O3/c1-7-4-9(17)6-11(13(7)18)14(19)10-3-2-8(15)5-12(10)16/h2-6H,1H3. The predicted molar refractivity (Wildman–Crippen MR) is 72.6 cm³/mol. The Morgan fingerprint density at radius 3 is 2.42 bits per heavy atom. The van der Waals surface area contributed by atoms with Gasteiger partial charge in [0.1, 0.15) is 0 Å². The van der Waals surface area contributed by atoms with Crippen molar-refractivity contribution in [2.45, 2.75) is 6.92 Å². The van der Waals surface area contributed by atoms with Crippen molar-refractivity contribution in [3.05, 3.63) is 57.1 Å². The molecule has 0 aliphatic heterocycles. The monoisotopic (exact) mass is 294 g/mol. The number of Topliss-reactive ketones (excluding diaryl/α,β-unsaturated/α-hetero) is 2. The van der Waals surface area contributed by atoms with Gasteiger partial charge < -0.3 is 0 Å². The molecule has 0 heterocycles. The van der Waals surface area contributed by atoms with E-state index < -0.39 is 11.6 Å². The first-order valence-electron chi connectivity index (χ1n) is 5.38. The predicted octanol–water partition coefficient (Wildman–Crippen LogP) is 3.20. The summed E-state index contributed by atoms with van der Waals surface area (Å²) in [5.41, 5.74) is 0.211.